The molecule has 0 saturated heterocycles. The Labute approximate surface area is 85.7 Å². The number of alkyl halides is 1. The van der Waals surface area contributed by atoms with Crippen molar-refractivity contribution in [2.24, 2.45) is 0 Å². The first-order chi connectivity index (χ1) is 6.24. The highest BCUT2D eigenvalue weighted by molar-refractivity contribution is 9.09. The van der Waals surface area contributed by atoms with Crippen molar-refractivity contribution in [2.75, 3.05) is 5.33 Å². The molecule has 1 aromatic rings. The minimum Gasteiger partial charge on any atom is -0.508 e. The molecule has 0 spiro atoms. The molecule has 0 bridgehead atoms. The second-order valence-electron chi connectivity index (χ2n) is 2.62. The van der Waals surface area contributed by atoms with Gasteiger partial charge >= 0.3 is 0 Å². The smallest absolute Gasteiger partial charge is 0.126 e. The minimum atomic E-state index is 0.0788. The van der Waals surface area contributed by atoms with Gasteiger partial charge in [-0.2, -0.15) is 0 Å². The van der Waals surface area contributed by atoms with Gasteiger partial charge in [0.1, 0.15) is 11.5 Å². The number of allylic oxidation sites excluding steroid dienone is 1. The third-order valence-corrected chi connectivity index (χ3v) is 2.05. The molecule has 70 valence electrons. The van der Waals surface area contributed by atoms with Gasteiger partial charge in [0.25, 0.3) is 0 Å². The van der Waals surface area contributed by atoms with Crippen LogP contribution in [0.3, 0.4) is 0 Å². The van der Waals surface area contributed by atoms with Gasteiger partial charge in [0.2, 0.25) is 0 Å². The van der Waals surface area contributed by atoms with Gasteiger partial charge in [0.05, 0.1) is 0 Å². The summed E-state index contributed by atoms with van der Waals surface area (Å²) in [7, 11) is 0. The first kappa shape index (κ1) is 10.1. The van der Waals surface area contributed by atoms with Gasteiger partial charge in [-0.15, -0.1) is 0 Å². The quantitative estimate of drug-likeness (QED) is 0.801. The Balaban J connectivity index is 2.77. The molecule has 0 fully saturated rings. The van der Waals surface area contributed by atoms with Crippen molar-refractivity contribution in [1.29, 1.82) is 0 Å². The van der Waals surface area contributed by atoms with Crippen molar-refractivity contribution in [3.05, 3.63) is 29.8 Å². The summed E-state index contributed by atoms with van der Waals surface area (Å²) >= 11 is 3.30. The molecule has 0 amide bonds. The summed E-state index contributed by atoms with van der Waals surface area (Å²) in [5, 5.41) is 19.3. The fourth-order valence-electron chi connectivity index (χ4n) is 0.946. The van der Waals surface area contributed by atoms with E-state index in [0.29, 0.717) is 0 Å². The van der Waals surface area contributed by atoms with Crippen LogP contribution in [0.5, 0.6) is 11.5 Å². The zero-order chi connectivity index (χ0) is 9.68. The first-order valence-electron chi connectivity index (χ1n) is 3.98. The normalized spacial score (nSPS) is 10.8. The summed E-state index contributed by atoms with van der Waals surface area (Å²) in [4.78, 5) is 0. The Bertz CT molecular complexity index is 308. The van der Waals surface area contributed by atoms with E-state index in [1.807, 2.05) is 12.2 Å². The third-order valence-electron chi connectivity index (χ3n) is 1.59. The number of aromatic hydroxyl groups is 2. The maximum atomic E-state index is 9.37. The Kier molecular flexibility index (Phi) is 3.83. The predicted molar refractivity (Wildman–Crippen MR) is 57.2 cm³/mol. The number of hydrogen-bond acceptors (Lipinski definition) is 2. The molecule has 0 aliphatic carbocycles. The lowest BCUT2D eigenvalue weighted by Gasteiger charge is -1.98. The molecule has 1 rings (SSSR count). The molecule has 13 heavy (non-hydrogen) atoms. The standard InChI is InChI=1S/C10H11BrO2/c11-6-2-1-3-8-4-5-9(12)7-10(8)13/h1,3-5,7,12-13H,2,6H2. The van der Waals surface area contributed by atoms with Crippen molar-refractivity contribution in [3.63, 3.8) is 0 Å². The van der Waals surface area contributed by atoms with Crippen LogP contribution >= 0.6 is 15.9 Å². The van der Waals surface area contributed by atoms with Crippen LogP contribution in [0.2, 0.25) is 0 Å². The van der Waals surface area contributed by atoms with Crippen molar-refractivity contribution in [3.8, 4) is 11.5 Å². The highest BCUT2D eigenvalue weighted by Crippen LogP contribution is 2.23. The molecule has 3 heteroatoms. The van der Waals surface area contributed by atoms with Crippen molar-refractivity contribution in [2.45, 2.75) is 6.42 Å². The third kappa shape index (κ3) is 3.11. The summed E-state index contributed by atoms with van der Waals surface area (Å²) in [5.74, 6) is 0.181. The molecule has 1 aromatic carbocycles. The van der Waals surface area contributed by atoms with Gasteiger partial charge in [0, 0.05) is 17.0 Å². The van der Waals surface area contributed by atoms with E-state index in [4.69, 9.17) is 5.11 Å². The Hall–Kier alpha value is -0.960. The zero-order valence-corrected chi connectivity index (χ0v) is 8.66. The Morgan fingerprint density at radius 2 is 2.08 bits per heavy atom. The van der Waals surface area contributed by atoms with Gasteiger partial charge in [-0.1, -0.05) is 28.1 Å². The highest BCUT2D eigenvalue weighted by Gasteiger charge is 1.97. The lowest BCUT2D eigenvalue weighted by atomic mass is 10.1. The van der Waals surface area contributed by atoms with Gasteiger partial charge in [0.15, 0.2) is 0 Å². The fraction of sp³-hybridized carbons (Fsp3) is 0.200. The van der Waals surface area contributed by atoms with Gasteiger partial charge in [-0.3, -0.25) is 0 Å². The van der Waals surface area contributed by atoms with Gasteiger partial charge in [-0.25, -0.2) is 0 Å². The van der Waals surface area contributed by atoms with E-state index in [2.05, 4.69) is 15.9 Å². The maximum absolute atomic E-state index is 9.37. The van der Waals surface area contributed by atoms with E-state index < -0.39 is 0 Å². The van der Waals surface area contributed by atoms with Crippen molar-refractivity contribution < 1.29 is 10.2 Å². The monoisotopic (exact) mass is 242 g/mol. The van der Waals surface area contributed by atoms with E-state index in [0.717, 1.165) is 17.3 Å². The van der Waals surface area contributed by atoms with Gasteiger partial charge in [-0.05, 0) is 18.6 Å². The maximum Gasteiger partial charge on any atom is 0.126 e. The molecule has 0 atom stereocenters. The summed E-state index contributed by atoms with van der Waals surface area (Å²) in [6, 6.07) is 4.55. The fourth-order valence-corrected chi connectivity index (χ4v) is 1.21. The highest BCUT2D eigenvalue weighted by atomic mass is 79.9. The van der Waals surface area contributed by atoms with Crippen LogP contribution in [0, 0.1) is 0 Å². The van der Waals surface area contributed by atoms with E-state index in [9.17, 15) is 5.11 Å². The second kappa shape index (κ2) is 4.92. The van der Waals surface area contributed by atoms with Crippen LogP contribution in [-0.4, -0.2) is 15.5 Å². The van der Waals surface area contributed by atoms with Crippen LogP contribution in [-0.2, 0) is 0 Å². The number of phenols is 2. The molecule has 0 aliphatic rings. The van der Waals surface area contributed by atoms with Crippen molar-refractivity contribution in [1.82, 2.24) is 0 Å². The lowest BCUT2D eigenvalue weighted by Crippen LogP contribution is -1.74. The molecular weight excluding hydrogens is 232 g/mol. The second-order valence-corrected chi connectivity index (χ2v) is 3.42. The average Bonchev–Trinajstić information content (AvgIpc) is 2.09. The predicted octanol–water partition coefficient (Wildman–Crippen LogP) is 2.90. The van der Waals surface area contributed by atoms with Crippen LogP contribution in [0.25, 0.3) is 6.08 Å². The molecule has 0 aliphatic heterocycles. The minimum absolute atomic E-state index is 0.0788. The molecule has 0 heterocycles. The Morgan fingerprint density at radius 1 is 1.31 bits per heavy atom. The van der Waals surface area contributed by atoms with Crippen LogP contribution in [0.15, 0.2) is 24.3 Å². The number of rotatable bonds is 3. The largest absolute Gasteiger partial charge is 0.508 e. The molecule has 0 saturated carbocycles. The lowest BCUT2D eigenvalue weighted by molar-refractivity contribution is 0.450. The number of hydrogen-bond donors (Lipinski definition) is 2. The topological polar surface area (TPSA) is 40.5 Å². The Morgan fingerprint density at radius 3 is 2.69 bits per heavy atom. The molecule has 0 radical (unpaired) electrons. The summed E-state index contributed by atoms with van der Waals surface area (Å²) < 4.78 is 0. The van der Waals surface area contributed by atoms with E-state index >= 15 is 0 Å². The molecule has 0 unspecified atom stereocenters. The number of benzene rings is 1. The SMILES string of the molecule is Oc1ccc(C=CCCBr)c(O)c1. The first-order valence-corrected chi connectivity index (χ1v) is 5.10. The van der Waals surface area contributed by atoms with Crippen LogP contribution in [0.1, 0.15) is 12.0 Å². The summed E-state index contributed by atoms with van der Waals surface area (Å²) in [6.45, 7) is 0. The van der Waals surface area contributed by atoms with E-state index in [1.165, 1.54) is 6.07 Å². The van der Waals surface area contributed by atoms with Gasteiger partial charge < -0.3 is 10.2 Å². The van der Waals surface area contributed by atoms with Crippen molar-refractivity contribution >= 4 is 22.0 Å². The summed E-state index contributed by atoms with van der Waals surface area (Å²) in [6.07, 6.45) is 4.71. The van der Waals surface area contributed by atoms with E-state index in [1.54, 1.807) is 12.1 Å². The van der Waals surface area contributed by atoms with E-state index in [-0.39, 0.29) is 11.5 Å². The molecule has 0 aromatic heterocycles. The summed E-state index contributed by atoms with van der Waals surface area (Å²) in [5.41, 5.74) is 0.721. The van der Waals surface area contributed by atoms with Crippen LogP contribution in [0.4, 0.5) is 0 Å². The molecule has 2 N–H and O–H groups in total. The zero-order valence-electron chi connectivity index (χ0n) is 7.07. The number of halogens is 1. The van der Waals surface area contributed by atoms with Crippen LogP contribution < -0.4 is 0 Å². The molecule has 2 nitrogen and oxygen atoms in total. The average molecular weight is 243 g/mol. The molecular formula is C10H11BrO2. The number of phenolic OH excluding ortho intramolecular Hbond substituents is 2.